The second-order valence-electron chi connectivity index (χ2n) is 5.47. The van der Waals surface area contributed by atoms with Crippen molar-refractivity contribution >= 4 is 17.5 Å². The molecule has 0 unspecified atom stereocenters. The monoisotopic (exact) mass is 298 g/mol. The molecule has 1 N–H and O–H groups in total. The van der Waals surface area contributed by atoms with E-state index in [2.05, 4.69) is 51.4 Å². The average molecular weight is 298 g/mol. The molecule has 1 saturated heterocycles. The van der Waals surface area contributed by atoms with Gasteiger partial charge in [0.05, 0.1) is 13.2 Å². The molecule has 5 nitrogen and oxygen atoms in total. The Bertz CT molecular complexity index is 621. The maximum absolute atomic E-state index is 5.40. The number of nitrogens with one attached hydrogen (secondary N) is 1. The summed E-state index contributed by atoms with van der Waals surface area (Å²) in [5.41, 5.74) is 3.30. The van der Waals surface area contributed by atoms with Crippen LogP contribution in [0.4, 0.5) is 17.5 Å². The van der Waals surface area contributed by atoms with E-state index in [0.29, 0.717) is 5.95 Å². The molecule has 2 heterocycles. The molecule has 1 aromatic carbocycles. The van der Waals surface area contributed by atoms with Crippen LogP contribution < -0.4 is 10.2 Å². The first-order chi connectivity index (χ1) is 10.7. The number of aryl methyl sites for hydroxylation is 2. The highest BCUT2D eigenvalue weighted by atomic mass is 16.5. The summed E-state index contributed by atoms with van der Waals surface area (Å²) in [6.07, 6.45) is 1.04. The molecule has 0 aliphatic carbocycles. The van der Waals surface area contributed by atoms with Gasteiger partial charge in [0.2, 0.25) is 5.95 Å². The molecular formula is C17H22N4O. The molecule has 22 heavy (non-hydrogen) atoms. The number of rotatable bonds is 4. The minimum Gasteiger partial charge on any atom is -0.378 e. The third kappa shape index (κ3) is 3.54. The van der Waals surface area contributed by atoms with Gasteiger partial charge in [-0.05, 0) is 31.0 Å². The van der Waals surface area contributed by atoms with Crippen molar-refractivity contribution in [2.75, 3.05) is 36.5 Å². The SMILES string of the molecule is CCc1ccc(Nc2nc(C)cc(N3CCOCC3)n2)cc1. The van der Waals surface area contributed by atoms with Gasteiger partial charge in [-0.15, -0.1) is 0 Å². The Hall–Kier alpha value is -2.14. The van der Waals surface area contributed by atoms with Crippen molar-refractivity contribution in [1.29, 1.82) is 0 Å². The molecule has 0 radical (unpaired) electrons. The van der Waals surface area contributed by atoms with Crippen molar-refractivity contribution in [3.8, 4) is 0 Å². The summed E-state index contributed by atoms with van der Waals surface area (Å²) in [7, 11) is 0. The van der Waals surface area contributed by atoms with Crippen LogP contribution in [-0.2, 0) is 11.2 Å². The summed E-state index contributed by atoms with van der Waals surface area (Å²) in [4.78, 5) is 11.4. The minimum atomic E-state index is 0.644. The largest absolute Gasteiger partial charge is 0.378 e. The fraction of sp³-hybridized carbons (Fsp3) is 0.412. The number of morpholine rings is 1. The molecular weight excluding hydrogens is 276 g/mol. The van der Waals surface area contributed by atoms with E-state index in [0.717, 1.165) is 49.9 Å². The van der Waals surface area contributed by atoms with Crippen LogP contribution in [0.1, 0.15) is 18.2 Å². The maximum atomic E-state index is 5.40. The van der Waals surface area contributed by atoms with E-state index in [1.54, 1.807) is 0 Å². The summed E-state index contributed by atoms with van der Waals surface area (Å²) in [6, 6.07) is 10.4. The van der Waals surface area contributed by atoms with Gasteiger partial charge in [-0.2, -0.15) is 4.98 Å². The molecule has 1 fully saturated rings. The second-order valence-corrected chi connectivity index (χ2v) is 5.47. The highest BCUT2D eigenvalue weighted by molar-refractivity contribution is 5.56. The summed E-state index contributed by atoms with van der Waals surface area (Å²) in [5.74, 6) is 1.61. The Kier molecular flexibility index (Phi) is 4.53. The van der Waals surface area contributed by atoms with Gasteiger partial charge in [-0.1, -0.05) is 19.1 Å². The van der Waals surface area contributed by atoms with Gasteiger partial charge >= 0.3 is 0 Å². The lowest BCUT2D eigenvalue weighted by Crippen LogP contribution is -2.36. The molecule has 0 amide bonds. The number of hydrogen-bond donors (Lipinski definition) is 1. The average Bonchev–Trinajstić information content (AvgIpc) is 2.56. The smallest absolute Gasteiger partial charge is 0.229 e. The van der Waals surface area contributed by atoms with E-state index >= 15 is 0 Å². The number of anilines is 3. The third-order valence-electron chi connectivity index (χ3n) is 3.79. The Balaban J connectivity index is 1.79. The normalized spacial score (nSPS) is 14.9. The fourth-order valence-electron chi connectivity index (χ4n) is 2.52. The zero-order chi connectivity index (χ0) is 15.4. The van der Waals surface area contributed by atoms with Crippen LogP contribution in [0.5, 0.6) is 0 Å². The quantitative estimate of drug-likeness (QED) is 0.940. The van der Waals surface area contributed by atoms with Crippen molar-refractivity contribution in [3.05, 3.63) is 41.6 Å². The van der Waals surface area contributed by atoms with E-state index in [1.807, 2.05) is 13.0 Å². The fourth-order valence-corrected chi connectivity index (χ4v) is 2.52. The van der Waals surface area contributed by atoms with Crippen molar-refractivity contribution in [1.82, 2.24) is 9.97 Å². The summed E-state index contributed by atoms with van der Waals surface area (Å²) >= 11 is 0. The van der Waals surface area contributed by atoms with Crippen molar-refractivity contribution in [2.45, 2.75) is 20.3 Å². The van der Waals surface area contributed by atoms with E-state index in [9.17, 15) is 0 Å². The van der Waals surface area contributed by atoms with Gasteiger partial charge in [0.25, 0.3) is 0 Å². The van der Waals surface area contributed by atoms with Crippen molar-refractivity contribution in [3.63, 3.8) is 0 Å². The van der Waals surface area contributed by atoms with Gasteiger partial charge in [0, 0.05) is 30.5 Å². The van der Waals surface area contributed by atoms with E-state index in [4.69, 9.17) is 4.74 Å². The number of benzene rings is 1. The first kappa shape index (κ1) is 14.8. The molecule has 1 aliphatic rings. The number of ether oxygens (including phenoxy) is 1. The Morgan fingerprint density at radius 3 is 2.55 bits per heavy atom. The van der Waals surface area contributed by atoms with Gasteiger partial charge in [-0.3, -0.25) is 0 Å². The van der Waals surface area contributed by atoms with Gasteiger partial charge < -0.3 is 15.0 Å². The van der Waals surface area contributed by atoms with Crippen molar-refractivity contribution < 1.29 is 4.74 Å². The predicted octanol–water partition coefficient (Wildman–Crippen LogP) is 2.93. The highest BCUT2D eigenvalue weighted by Crippen LogP contribution is 2.19. The molecule has 5 heteroatoms. The van der Waals surface area contributed by atoms with Crippen LogP contribution in [0, 0.1) is 6.92 Å². The first-order valence-electron chi connectivity index (χ1n) is 7.79. The van der Waals surface area contributed by atoms with Gasteiger partial charge in [0.15, 0.2) is 0 Å². The first-order valence-corrected chi connectivity index (χ1v) is 7.79. The summed E-state index contributed by atoms with van der Waals surface area (Å²) in [6.45, 7) is 7.41. The summed E-state index contributed by atoms with van der Waals surface area (Å²) in [5, 5.41) is 3.30. The molecule has 0 bridgehead atoms. The molecule has 0 saturated carbocycles. The van der Waals surface area contributed by atoms with Gasteiger partial charge in [0.1, 0.15) is 5.82 Å². The van der Waals surface area contributed by atoms with E-state index in [1.165, 1.54) is 5.56 Å². The molecule has 2 aromatic rings. The van der Waals surface area contributed by atoms with Crippen LogP contribution in [-0.4, -0.2) is 36.3 Å². The molecule has 116 valence electrons. The number of nitrogens with zero attached hydrogens (tertiary/aromatic N) is 3. The Morgan fingerprint density at radius 2 is 1.86 bits per heavy atom. The van der Waals surface area contributed by atoms with Crippen molar-refractivity contribution in [2.24, 2.45) is 0 Å². The lowest BCUT2D eigenvalue weighted by molar-refractivity contribution is 0.122. The number of aromatic nitrogens is 2. The van der Waals surface area contributed by atoms with Crippen LogP contribution in [0.2, 0.25) is 0 Å². The van der Waals surface area contributed by atoms with Crippen LogP contribution in [0.15, 0.2) is 30.3 Å². The lowest BCUT2D eigenvalue weighted by Gasteiger charge is -2.28. The Morgan fingerprint density at radius 1 is 1.14 bits per heavy atom. The minimum absolute atomic E-state index is 0.644. The number of hydrogen-bond acceptors (Lipinski definition) is 5. The molecule has 0 spiro atoms. The van der Waals surface area contributed by atoms with E-state index in [-0.39, 0.29) is 0 Å². The third-order valence-corrected chi connectivity index (χ3v) is 3.79. The van der Waals surface area contributed by atoms with E-state index < -0.39 is 0 Å². The maximum Gasteiger partial charge on any atom is 0.229 e. The zero-order valence-corrected chi connectivity index (χ0v) is 13.2. The topological polar surface area (TPSA) is 50.3 Å². The van der Waals surface area contributed by atoms with Crippen LogP contribution >= 0.6 is 0 Å². The summed E-state index contributed by atoms with van der Waals surface area (Å²) < 4.78 is 5.40. The second kappa shape index (κ2) is 6.75. The van der Waals surface area contributed by atoms with Crippen LogP contribution in [0.25, 0.3) is 0 Å². The van der Waals surface area contributed by atoms with Gasteiger partial charge in [-0.25, -0.2) is 4.98 Å². The Labute approximate surface area is 131 Å². The molecule has 0 atom stereocenters. The molecule has 1 aromatic heterocycles. The molecule has 3 rings (SSSR count). The molecule has 1 aliphatic heterocycles. The zero-order valence-electron chi connectivity index (χ0n) is 13.2. The standard InChI is InChI=1S/C17H22N4O/c1-3-14-4-6-15(7-5-14)19-17-18-13(2)12-16(20-17)21-8-10-22-11-9-21/h4-7,12H,3,8-11H2,1-2H3,(H,18,19,20). The van der Waals surface area contributed by atoms with Crippen LogP contribution in [0.3, 0.4) is 0 Å². The highest BCUT2D eigenvalue weighted by Gasteiger charge is 2.14. The predicted molar refractivity (Wildman–Crippen MR) is 88.9 cm³/mol. The lowest BCUT2D eigenvalue weighted by atomic mass is 10.1.